The van der Waals surface area contributed by atoms with Crippen molar-refractivity contribution in [3.05, 3.63) is 57.8 Å². The normalized spacial score (nSPS) is 11.6. The van der Waals surface area contributed by atoms with Crippen molar-refractivity contribution in [3.8, 4) is 0 Å². The van der Waals surface area contributed by atoms with Crippen molar-refractivity contribution in [1.29, 1.82) is 0 Å². The zero-order chi connectivity index (χ0) is 19.7. The molecule has 5 nitrogen and oxygen atoms in total. The van der Waals surface area contributed by atoms with E-state index in [1.807, 2.05) is 51.1 Å². The molecule has 2 aromatic heterocycles. The van der Waals surface area contributed by atoms with Crippen LogP contribution in [0.1, 0.15) is 48.9 Å². The third-order valence-electron chi connectivity index (χ3n) is 5.35. The van der Waals surface area contributed by atoms with Crippen molar-refractivity contribution < 1.29 is 4.79 Å². The van der Waals surface area contributed by atoms with Gasteiger partial charge in [-0.1, -0.05) is 26.0 Å². The van der Waals surface area contributed by atoms with Crippen molar-refractivity contribution in [3.63, 3.8) is 0 Å². The van der Waals surface area contributed by atoms with E-state index in [2.05, 4.69) is 18.4 Å². The standard InChI is InChI=1S/C22H29N3O2/c1-6-23-19-9-7-8-10-20(19)25(22(23)27)14-21(26)18-13-16(4)24(17(18)5)12-11-15(2)3/h7-10,13,15H,6,11-12,14H2,1-5H3. The van der Waals surface area contributed by atoms with E-state index in [1.165, 1.54) is 0 Å². The summed E-state index contributed by atoms with van der Waals surface area (Å²) in [6, 6.07) is 9.62. The molecule has 3 rings (SSSR count). The van der Waals surface area contributed by atoms with Crippen molar-refractivity contribution in [2.45, 2.75) is 60.7 Å². The van der Waals surface area contributed by atoms with Gasteiger partial charge >= 0.3 is 5.69 Å². The van der Waals surface area contributed by atoms with Gasteiger partial charge in [0.15, 0.2) is 5.78 Å². The molecule has 0 aliphatic heterocycles. The summed E-state index contributed by atoms with van der Waals surface area (Å²) >= 11 is 0. The molecule has 0 aliphatic carbocycles. The highest BCUT2D eigenvalue weighted by Crippen LogP contribution is 2.19. The summed E-state index contributed by atoms with van der Waals surface area (Å²) in [5, 5.41) is 0. The highest BCUT2D eigenvalue weighted by Gasteiger charge is 2.19. The van der Waals surface area contributed by atoms with E-state index in [0.717, 1.165) is 41.0 Å². The first kappa shape index (κ1) is 19.2. The Morgan fingerprint density at radius 2 is 1.67 bits per heavy atom. The third kappa shape index (κ3) is 3.51. The molecule has 0 atom stereocenters. The van der Waals surface area contributed by atoms with Gasteiger partial charge in [0.2, 0.25) is 0 Å². The summed E-state index contributed by atoms with van der Waals surface area (Å²) in [4.78, 5) is 25.8. The predicted molar refractivity (Wildman–Crippen MR) is 110 cm³/mol. The summed E-state index contributed by atoms with van der Waals surface area (Å²) in [5.41, 5.74) is 4.37. The molecule has 0 aliphatic rings. The molecule has 0 fully saturated rings. The van der Waals surface area contributed by atoms with E-state index in [4.69, 9.17) is 0 Å². The van der Waals surface area contributed by atoms with E-state index in [-0.39, 0.29) is 18.0 Å². The molecule has 2 heterocycles. The summed E-state index contributed by atoms with van der Waals surface area (Å²) in [6.45, 7) is 12.0. The maximum atomic E-state index is 13.0. The van der Waals surface area contributed by atoms with Gasteiger partial charge in [-0.2, -0.15) is 0 Å². The lowest BCUT2D eigenvalue weighted by Crippen LogP contribution is -2.26. The molecular weight excluding hydrogens is 338 g/mol. The molecule has 0 N–H and O–H groups in total. The molecule has 27 heavy (non-hydrogen) atoms. The van der Waals surface area contributed by atoms with Gasteiger partial charge in [0.05, 0.1) is 17.6 Å². The smallest absolute Gasteiger partial charge is 0.329 e. The van der Waals surface area contributed by atoms with Crippen molar-refractivity contribution in [2.24, 2.45) is 5.92 Å². The maximum absolute atomic E-state index is 13.0. The van der Waals surface area contributed by atoms with Crippen LogP contribution in [0.25, 0.3) is 11.0 Å². The molecule has 0 amide bonds. The van der Waals surface area contributed by atoms with E-state index >= 15 is 0 Å². The third-order valence-corrected chi connectivity index (χ3v) is 5.35. The highest BCUT2D eigenvalue weighted by atomic mass is 16.2. The molecule has 0 saturated heterocycles. The average molecular weight is 367 g/mol. The number of hydrogen-bond donors (Lipinski definition) is 0. The number of fused-ring (bicyclic) bond motifs is 1. The average Bonchev–Trinajstić information content (AvgIpc) is 3.07. The van der Waals surface area contributed by atoms with Crippen LogP contribution in [-0.2, 0) is 19.6 Å². The number of benzene rings is 1. The Labute approximate surface area is 160 Å². The number of hydrogen-bond acceptors (Lipinski definition) is 2. The van der Waals surface area contributed by atoms with Gasteiger partial charge < -0.3 is 4.57 Å². The lowest BCUT2D eigenvalue weighted by atomic mass is 10.1. The molecule has 0 radical (unpaired) electrons. The Morgan fingerprint density at radius 3 is 2.26 bits per heavy atom. The Bertz CT molecular complexity index is 1030. The van der Waals surface area contributed by atoms with Gasteiger partial charge in [0, 0.05) is 30.0 Å². The molecule has 144 valence electrons. The molecule has 3 aromatic rings. The summed E-state index contributed by atoms with van der Waals surface area (Å²) in [5.74, 6) is 0.601. The largest absolute Gasteiger partial charge is 0.348 e. The van der Waals surface area contributed by atoms with E-state index in [1.54, 1.807) is 9.13 Å². The zero-order valence-electron chi connectivity index (χ0n) is 17.0. The number of para-hydroxylation sites is 2. The van der Waals surface area contributed by atoms with Crippen LogP contribution in [0, 0.1) is 19.8 Å². The summed E-state index contributed by atoms with van der Waals surface area (Å²) < 4.78 is 5.53. The quantitative estimate of drug-likeness (QED) is 0.589. The van der Waals surface area contributed by atoms with Crippen LogP contribution < -0.4 is 5.69 Å². The first-order valence-corrected chi connectivity index (χ1v) is 9.73. The first-order chi connectivity index (χ1) is 12.8. The minimum Gasteiger partial charge on any atom is -0.348 e. The molecule has 1 aromatic carbocycles. The second-order valence-electron chi connectivity index (χ2n) is 7.64. The number of Topliss-reactive ketones (excluding diaryl/α,β-unsaturated/α-hetero) is 1. The van der Waals surface area contributed by atoms with E-state index in [9.17, 15) is 9.59 Å². The van der Waals surface area contributed by atoms with Gasteiger partial charge in [-0.3, -0.25) is 13.9 Å². The minimum absolute atomic E-state index is 0.0139. The molecule has 0 spiro atoms. The van der Waals surface area contributed by atoms with E-state index < -0.39 is 0 Å². The van der Waals surface area contributed by atoms with Crippen molar-refractivity contribution in [1.82, 2.24) is 13.7 Å². The predicted octanol–water partition coefficient (Wildman–Crippen LogP) is 4.17. The molecular formula is C22H29N3O2. The molecule has 0 bridgehead atoms. The molecule has 0 unspecified atom stereocenters. The number of imidazole rings is 1. The number of carbonyl (C=O) groups excluding carboxylic acids is 1. The summed E-state index contributed by atoms with van der Waals surface area (Å²) in [6.07, 6.45) is 1.08. The Balaban J connectivity index is 1.95. The van der Waals surface area contributed by atoms with Crippen LogP contribution in [0.5, 0.6) is 0 Å². The first-order valence-electron chi connectivity index (χ1n) is 9.73. The number of aromatic nitrogens is 3. The highest BCUT2D eigenvalue weighted by molar-refractivity contribution is 5.98. The van der Waals surface area contributed by atoms with Crippen LogP contribution in [0.3, 0.4) is 0 Å². The second kappa shape index (κ2) is 7.59. The van der Waals surface area contributed by atoms with Crippen molar-refractivity contribution >= 4 is 16.8 Å². The Kier molecular flexibility index (Phi) is 5.40. The monoisotopic (exact) mass is 367 g/mol. The van der Waals surface area contributed by atoms with Crippen LogP contribution >= 0.6 is 0 Å². The lowest BCUT2D eigenvalue weighted by Gasteiger charge is -2.11. The van der Waals surface area contributed by atoms with Gasteiger partial charge in [-0.25, -0.2) is 4.79 Å². The van der Waals surface area contributed by atoms with Crippen LogP contribution in [0.15, 0.2) is 35.1 Å². The van der Waals surface area contributed by atoms with Gasteiger partial charge in [0.25, 0.3) is 0 Å². The van der Waals surface area contributed by atoms with Crippen molar-refractivity contribution in [2.75, 3.05) is 0 Å². The Morgan fingerprint density at radius 1 is 1.04 bits per heavy atom. The topological polar surface area (TPSA) is 48.9 Å². The second-order valence-corrected chi connectivity index (χ2v) is 7.64. The number of nitrogens with zero attached hydrogens (tertiary/aromatic N) is 3. The van der Waals surface area contributed by atoms with E-state index in [0.29, 0.717) is 12.5 Å². The number of rotatable bonds is 7. The SMILES string of the molecule is CCn1c(=O)n(CC(=O)c2cc(C)n(CCC(C)C)c2C)c2ccccc21. The fourth-order valence-electron chi connectivity index (χ4n) is 3.77. The van der Waals surface area contributed by atoms with Gasteiger partial charge in [-0.15, -0.1) is 0 Å². The fourth-order valence-corrected chi connectivity index (χ4v) is 3.77. The summed E-state index contributed by atoms with van der Waals surface area (Å²) in [7, 11) is 0. The van der Waals surface area contributed by atoms with Crippen LogP contribution in [0.2, 0.25) is 0 Å². The number of ketones is 1. The van der Waals surface area contributed by atoms with Gasteiger partial charge in [-0.05, 0) is 51.3 Å². The Hall–Kier alpha value is -2.56. The maximum Gasteiger partial charge on any atom is 0.329 e. The van der Waals surface area contributed by atoms with Crippen LogP contribution in [-0.4, -0.2) is 19.5 Å². The molecule has 5 heteroatoms. The minimum atomic E-state index is -0.124. The van der Waals surface area contributed by atoms with Crippen LogP contribution in [0.4, 0.5) is 0 Å². The molecule has 0 saturated carbocycles. The fraction of sp³-hybridized carbons (Fsp3) is 0.455. The number of carbonyl (C=O) groups is 1. The van der Waals surface area contributed by atoms with Gasteiger partial charge in [0.1, 0.15) is 0 Å². The lowest BCUT2D eigenvalue weighted by molar-refractivity contribution is 0.0971. The zero-order valence-corrected chi connectivity index (χ0v) is 17.0. The number of aryl methyl sites for hydroxylation is 2.